The van der Waals surface area contributed by atoms with Crippen LogP contribution in [-0.2, 0) is 31.8 Å². The van der Waals surface area contributed by atoms with Gasteiger partial charge in [-0.1, -0.05) is 0 Å². The molecule has 2 atom stereocenters. The van der Waals surface area contributed by atoms with Gasteiger partial charge in [-0.25, -0.2) is 0 Å². The van der Waals surface area contributed by atoms with Gasteiger partial charge in [0.15, 0.2) is 0 Å². The van der Waals surface area contributed by atoms with Gasteiger partial charge in [0.1, 0.15) is 0 Å². The molecule has 0 unspecified atom stereocenters. The van der Waals surface area contributed by atoms with Crippen molar-refractivity contribution in [3.05, 3.63) is 44.2 Å². The molecule has 0 aromatic rings. The second-order valence-corrected chi connectivity index (χ2v) is 35.9. The minimum absolute atomic E-state index is 0. The van der Waals surface area contributed by atoms with E-state index in [1.54, 1.807) is 11.1 Å². The summed E-state index contributed by atoms with van der Waals surface area (Å²) < 4.78 is 16.9. The van der Waals surface area contributed by atoms with Gasteiger partial charge < -0.3 is 24.8 Å². The summed E-state index contributed by atoms with van der Waals surface area (Å²) >= 11 is -1.10. The zero-order valence-corrected chi connectivity index (χ0v) is 38.3. The first-order chi connectivity index (χ1) is 19.5. The van der Waals surface area contributed by atoms with Crippen LogP contribution in [0, 0.1) is 0 Å². The SMILES string of the molecule is CCCC(C)(C)[Si](C)(C)OC1=C2[C@H]([Hf+2][C@H]3C4=C(CCCC4)C(O[Si](C)(C)C(C)(C)CCC)=C3[Si]2(C)C)C2=C1CCCC2.[Cl-].[Cl-]. The molecule has 1 heterocycles. The van der Waals surface area contributed by atoms with E-state index in [1.165, 1.54) is 88.6 Å². The van der Waals surface area contributed by atoms with Crippen LogP contribution < -0.4 is 24.8 Å². The van der Waals surface area contributed by atoms with E-state index in [-0.39, 0.29) is 34.9 Å². The van der Waals surface area contributed by atoms with Crippen molar-refractivity contribution >= 4 is 24.7 Å². The van der Waals surface area contributed by atoms with E-state index in [1.807, 2.05) is 21.5 Å². The number of fused-ring (bicyclic) bond motifs is 4. The molecule has 5 aliphatic rings. The molecule has 1 aliphatic heterocycles. The maximum Gasteiger partial charge on any atom is -1.00 e. The topological polar surface area (TPSA) is 18.5 Å². The summed E-state index contributed by atoms with van der Waals surface area (Å²) in [6, 6.07) is 0. The molecule has 2 nitrogen and oxygen atoms in total. The van der Waals surface area contributed by atoms with Crippen LogP contribution in [-0.4, -0.2) is 24.7 Å². The molecule has 0 bridgehead atoms. The first-order valence-corrected chi connectivity index (χ1v) is 30.5. The van der Waals surface area contributed by atoms with E-state index >= 15 is 0 Å². The fourth-order valence-corrected chi connectivity index (χ4v) is 32.6. The van der Waals surface area contributed by atoms with Gasteiger partial charge in [0.05, 0.1) is 0 Å². The number of hydrogen-bond acceptors (Lipinski definition) is 2. The first-order valence-electron chi connectivity index (χ1n) is 17.6. The van der Waals surface area contributed by atoms with E-state index in [0.717, 1.165) is 7.35 Å². The largest absolute Gasteiger partial charge is 1.00 e. The van der Waals surface area contributed by atoms with Crippen LogP contribution in [0.1, 0.15) is 119 Å². The fourth-order valence-electron chi connectivity index (χ4n) is 8.79. The van der Waals surface area contributed by atoms with Crippen molar-refractivity contribution < 1.29 is 56.6 Å². The van der Waals surface area contributed by atoms with Gasteiger partial charge in [-0.3, -0.25) is 0 Å². The third-order valence-corrected chi connectivity index (χ3v) is 34.0. The molecule has 44 heavy (non-hydrogen) atoms. The molecule has 0 spiro atoms. The van der Waals surface area contributed by atoms with Gasteiger partial charge in [-0.15, -0.1) is 0 Å². The van der Waals surface area contributed by atoms with Crippen LogP contribution in [0.3, 0.4) is 0 Å². The van der Waals surface area contributed by atoms with Crippen molar-refractivity contribution in [3.63, 3.8) is 0 Å². The Morgan fingerprint density at radius 2 is 1.00 bits per heavy atom. The summed E-state index contributed by atoms with van der Waals surface area (Å²) in [6.07, 6.45) is 15.7. The van der Waals surface area contributed by atoms with E-state index < -0.39 is 47.6 Å². The molecule has 8 heteroatoms. The van der Waals surface area contributed by atoms with Crippen molar-refractivity contribution in [2.75, 3.05) is 0 Å². The Morgan fingerprint density at radius 1 is 0.659 bits per heavy atom. The van der Waals surface area contributed by atoms with Gasteiger partial charge in [-0.05, 0) is 0 Å². The van der Waals surface area contributed by atoms with Gasteiger partial charge >= 0.3 is 276 Å². The Bertz CT molecular complexity index is 1150. The predicted molar refractivity (Wildman–Crippen MR) is 185 cm³/mol. The molecule has 0 aromatic carbocycles. The minimum atomic E-state index is -1.99. The smallest absolute Gasteiger partial charge is 1.00 e. The maximum atomic E-state index is 7.64. The van der Waals surface area contributed by atoms with Crippen molar-refractivity contribution in [3.8, 4) is 0 Å². The van der Waals surface area contributed by atoms with Crippen LogP contribution in [0.25, 0.3) is 0 Å². The summed E-state index contributed by atoms with van der Waals surface area (Å²) in [5.74, 6) is 2.94. The van der Waals surface area contributed by atoms with Crippen LogP contribution in [0.2, 0.25) is 56.7 Å². The summed E-state index contributed by atoms with van der Waals surface area (Å²) in [5, 5.41) is 4.28. The van der Waals surface area contributed by atoms with Gasteiger partial charge in [0.25, 0.3) is 0 Å². The molecule has 1 saturated heterocycles. The average molecular weight is 861 g/mol. The predicted octanol–water partition coefficient (Wildman–Crippen LogP) is 6.33. The second-order valence-electron chi connectivity index (χ2n) is 17.1. The average Bonchev–Trinajstić information content (AvgIpc) is 3.37. The molecule has 0 amide bonds. The Balaban J connectivity index is 0.00000264. The quantitative estimate of drug-likeness (QED) is 0.239. The number of rotatable bonds is 10. The van der Waals surface area contributed by atoms with E-state index in [9.17, 15) is 0 Å². The molecular formula is C36H62Cl2HfO2Si3. The van der Waals surface area contributed by atoms with Gasteiger partial charge in [0.2, 0.25) is 0 Å². The van der Waals surface area contributed by atoms with Crippen molar-refractivity contribution in [2.45, 2.75) is 175 Å². The number of allylic oxidation sites excluding steroid dienone is 6. The Labute approximate surface area is 298 Å². The zero-order chi connectivity index (χ0) is 30.9. The summed E-state index contributed by atoms with van der Waals surface area (Å²) in [7, 11) is -5.96. The molecule has 4 aliphatic carbocycles. The molecule has 248 valence electrons. The Hall–Kier alpha value is 0.661. The monoisotopic (exact) mass is 860 g/mol. The minimum Gasteiger partial charge on any atom is -1.00 e. The molecule has 0 aromatic heterocycles. The van der Waals surface area contributed by atoms with Crippen LogP contribution in [0.15, 0.2) is 44.2 Å². The molecule has 0 radical (unpaired) electrons. The van der Waals surface area contributed by atoms with Crippen LogP contribution >= 0.6 is 0 Å². The van der Waals surface area contributed by atoms with Gasteiger partial charge in [0, 0.05) is 0 Å². The zero-order valence-electron chi connectivity index (χ0n) is 30.2. The Kier molecular flexibility index (Phi) is 12.3. The molecule has 0 N–H and O–H groups in total. The van der Waals surface area contributed by atoms with Crippen LogP contribution in [0.4, 0.5) is 0 Å². The van der Waals surface area contributed by atoms with Crippen molar-refractivity contribution in [2.24, 2.45) is 0 Å². The first kappa shape index (κ1) is 39.1. The molecule has 1 fully saturated rings. The number of hydrogen-bond donors (Lipinski definition) is 0. The molecule has 5 rings (SSSR count). The van der Waals surface area contributed by atoms with E-state index in [4.69, 9.17) is 8.85 Å². The molecule has 0 saturated carbocycles. The van der Waals surface area contributed by atoms with Gasteiger partial charge in [-0.2, -0.15) is 0 Å². The molecular weight excluding hydrogens is 798 g/mol. The summed E-state index contributed by atoms with van der Waals surface area (Å²) in [5.41, 5.74) is 7.19. The van der Waals surface area contributed by atoms with Crippen molar-refractivity contribution in [1.82, 2.24) is 0 Å². The fraction of sp³-hybridized carbons (Fsp3) is 0.778. The summed E-state index contributed by atoms with van der Waals surface area (Å²) in [6.45, 7) is 30.3. The summed E-state index contributed by atoms with van der Waals surface area (Å²) in [4.78, 5) is 0. The third-order valence-electron chi connectivity index (χ3n) is 12.7. The Morgan fingerprint density at radius 3 is 1.34 bits per heavy atom. The number of halogens is 2. The van der Waals surface area contributed by atoms with E-state index in [2.05, 4.69) is 80.8 Å². The van der Waals surface area contributed by atoms with E-state index in [0.29, 0.717) is 0 Å². The maximum absolute atomic E-state index is 7.64. The second kappa shape index (κ2) is 13.9. The van der Waals surface area contributed by atoms with Crippen molar-refractivity contribution in [1.29, 1.82) is 0 Å². The normalized spacial score (nSPS) is 24.8. The standard InChI is InChI=1S/C36H62O2Si3.2ClH.Hf/c1-13-23-35(3,4)40(9,10)37-33-29-21-17-15-19-27(29)25-31(33)39(7,8)32-26-28-20-16-18-22-30(28)34(32)38-41(11,12)36(5,6)24-14-2;;;/h25-26H,13-24H2,1-12H3;2*1H;/q;;;+2/p-2. The third kappa shape index (κ3) is 6.51. The van der Waals surface area contributed by atoms with Crippen LogP contribution in [0.5, 0.6) is 0 Å².